The Bertz CT molecular complexity index is 618. The van der Waals surface area contributed by atoms with E-state index < -0.39 is 10.0 Å². The predicted octanol–water partition coefficient (Wildman–Crippen LogP) is 0.253. The minimum Gasteiger partial charge on any atom is -0.340 e. The molecule has 0 unspecified atom stereocenters. The second kappa shape index (κ2) is 6.76. The van der Waals surface area contributed by atoms with Crippen molar-refractivity contribution in [3.8, 4) is 0 Å². The second-order valence-electron chi connectivity index (χ2n) is 5.79. The Kier molecular flexibility index (Phi) is 5.20. The summed E-state index contributed by atoms with van der Waals surface area (Å²) in [4.78, 5) is 16.6. The van der Waals surface area contributed by atoms with Crippen LogP contribution in [0.3, 0.4) is 0 Å². The van der Waals surface area contributed by atoms with Crippen molar-refractivity contribution in [1.82, 2.24) is 14.1 Å². The highest BCUT2D eigenvalue weighted by Gasteiger charge is 2.20. The third-order valence-electron chi connectivity index (χ3n) is 3.91. The standard InChI is InChI=1S/C15H23N3O3S/c1-16(2)22(20,21)14-6-4-13(5-7-14)12-15(19)18-10-8-17(3)9-11-18/h4-7H,8-12H2,1-3H3. The molecule has 0 atom stereocenters. The van der Waals surface area contributed by atoms with Crippen LogP contribution in [0.25, 0.3) is 0 Å². The molecule has 1 amide bonds. The van der Waals surface area contributed by atoms with Crippen LogP contribution in [-0.4, -0.2) is 75.8 Å². The van der Waals surface area contributed by atoms with Gasteiger partial charge in [-0.15, -0.1) is 0 Å². The molecule has 7 heteroatoms. The highest BCUT2D eigenvalue weighted by atomic mass is 32.2. The Morgan fingerprint density at radius 2 is 1.64 bits per heavy atom. The first-order valence-electron chi connectivity index (χ1n) is 7.28. The lowest BCUT2D eigenvalue weighted by molar-refractivity contribution is -0.132. The van der Waals surface area contributed by atoms with E-state index in [0.717, 1.165) is 31.7 Å². The Hall–Kier alpha value is -1.44. The second-order valence-corrected chi connectivity index (χ2v) is 7.94. The number of hydrogen-bond acceptors (Lipinski definition) is 4. The van der Waals surface area contributed by atoms with E-state index in [2.05, 4.69) is 4.90 Å². The largest absolute Gasteiger partial charge is 0.340 e. The van der Waals surface area contributed by atoms with E-state index in [-0.39, 0.29) is 10.8 Å². The lowest BCUT2D eigenvalue weighted by Crippen LogP contribution is -2.47. The van der Waals surface area contributed by atoms with Crippen molar-refractivity contribution in [2.45, 2.75) is 11.3 Å². The molecule has 1 fully saturated rings. The van der Waals surface area contributed by atoms with Gasteiger partial charge in [-0.1, -0.05) is 12.1 Å². The van der Waals surface area contributed by atoms with E-state index >= 15 is 0 Å². The van der Waals surface area contributed by atoms with Crippen molar-refractivity contribution in [3.05, 3.63) is 29.8 Å². The molecule has 1 saturated heterocycles. The molecule has 0 spiro atoms. The molecular formula is C15H23N3O3S. The summed E-state index contributed by atoms with van der Waals surface area (Å²) in [5.41, 5.74) is 0.835. The van der Waals surface area contributed by atoms with Crippen molar-refractivity contribution in [3.63, 3.8) is 0 Å². The van der Waals surface area contributed by atoms with Crippen LogP contribution < -0.4 is 0 Å². The summed E-state index contributed by atoms with van der Waals surface area (Å²) in [5.74, 6) is 0.0938. The first-order valence-corrected chi connectivity index (χ1v) is 8.72. The van der Waals surface area contributed by atoms with E-state index in [1.807, 2.05) is 11.9 Å². The molecule has 0 N–H and O–H groups in total. The molecule has 1 aliphatic rings. The lowest BCUT2D eigenvalue weighted by Gasteiger charge is -2.32. The average molecular weight is 325 g/mol. The van der Waals surface area contributed by atoms with Gasteiger partial charge in [0.1, 0.15) is 0 Å². The zero-order valence-corrected chi connectivity index (χ0v) is 14.1. The fraction of sp³-hybridized carbons (Fsp3) is 0.533. The number of rotatable bonds is 4. The number of carbonyl (C=O) groups excluding carboxylic acids is 1. The van der Waals surface area contributed by atoms with Crippen LogP contribution in [0.2, 0.25) is 0 Å². The van der Waals surface area contributed by atoms with Crippen LogP contribution >= 0.6 is 0 Å². The summed E-state index contributed by atoms with van der Waals surface area (Å²) < 4.78 is 25.2. The highest BCUT2D eigenvalue weighted by molar-refractivity contribution is 7.89. The summed E-state index contributed by atoms with van der Waals surface area (Å²) in [6.07, 6.45) is 0.312. The molecule has 0 bridgehead atoms. The van der Waals surface area contributed by atoms with Gasteiger partial charge < -0.3 is 9.80 Å². The van der Waals surface area contributed by atoms with E-state index in [1.165, 1.54) is 18.4 Å². The maximum Gasteiger partial charge on any atom is 0.242 e. The fourth-order valence-electron chi connectivity index (χ4n) is 2.33. The number of benzene rings is 1. The van der Waals surface area contributed by atoms with Gasteiger partial charge in [-0.2, -0.15) is 0 Å². The number of likely N-dealkylation sites (N-methyl/N-ethyl adjacent to an activating group) is 1. The topological polar surface area (TPSA) is 60.9 Å². The van der Waals surface area contributed by atoms with Crippen molar-refractivity contribution in [1.29, 1.82) is 0 Å². The Morgan fingerprint density at radius 1 is 1.09 bits per heavy atom. The zero-order valence-electron chi connectivity index (χ0n) is 13.3. The van der Waals surface area contributed by atoms with Crippen LogP contribution in [-0.2, 0) is 21.2 Å². The first kappa shape index (κ1) is 16.9. The smallest absolute Gasteiger partial charge is 0.242 e. The Morgan fingerprint density at radius 3 is 2.14 bits per heavy atom. The van der Waals surface area contributed by atoms with Gasteiger partial charge in [0.2, 0.25) is 15.9 Å². The van der Waals surface area contributed by atoms with Crippen LogP contribution in [0, 0.1) is 0 Å². The van der Waals surface area contributed by atoms with Crippen molar-refractivity contribution >= 4 is 15.9 Å². The molecule has 22 heavy (non-hydrogen) atoms. The fourth-order valence-corrected chi connectivity index (χ4v) is 3.23. The molecule has 1 aromatic rings. The third kappa shape index (κ3) is 3.85. The maximum absolute atomic E-state index is 12.2. The van der Waals surface area contributed by atoms with E-state index in [1.54, 1.807) is 24.3 Å². The summed E-state index contributed by atoms with van der Waals surface area (Å²) in [5, 5.41) is 0. The quantitative estimate of drug-likeness (QED) is 0.796. The zero-order chi connectivity index (χ0) is 16.3. The minimum atomic E-state index is -3.42. The van der Waals surface area contributed by atoms with Gasteiger partial charge in [0, 0.05) is 40.3 Å². The average Bonchev–Trinajstić information content (AvgIpc) is 2.48. The van der Waals surface area contributed by atoms with E-state index in [9.17, 15) is 13.2 Å². The Balaban J connectivity index is 2.01. The first-order chi connectivity index (χ1) is 10.3. The van der Waals surface area contributed by atoms with Crippen LogP contribution in [0.4, 0.5) is 0 Å². The molecule has 1 aliphatic heterocycles. The number of piperazine rings is 1. The maximum atomic E-state index is 12.2. The van der Waals surface area contributed by atoms with Crippen molar-refractivity contribution < 1.29 is 13.2 Å². The third-order valence-corrected chi connectivity index (χ3v) is 5.74. The molecular weight excluding hydrogens is 302 g/mol. The predicted molar refractivity (Wildman–Crippen MR) is 85.1 cm³/mol. The van der Waals surface area contributed by atoms with Crippen molar-refractivity contribution in [2.24, 2.45) is 0 Å². The molecule has 122 valence electrons. The minimum absolute atomic E-state index is 0.0938. The van der Waals surface area contributed by atoms with Gasteiger partial charge in [-0.25, -0.2) is 12.7 Å². The van der Waals surface area contributed by atoms with Gasteiger partial charge in [-0.3, -0.25) is 4.79 Å². The number of sulfonamides is 1. The number of nitrogens with zero attached hydrogens (tertiary/aromatic N) is 3. The van der Waals surface area contributed by atoms with Gasteiger partial charge in [0.15, 0.2) is 0 Å². The molecule has 1 aromatic carbocycles. The normalized spacial score (nSPS) is 17.0. The molecule has 0 radical (unpaired) electrons. The molecule has 6 nitrogen and oxygen atoms in total. The summed E-state index contributed by atoms with van der Waals surface area (Å²) in [7, 11) is 1.63. The van der Waals surface area contributed by atoms with Crippen molar-refractivity contribution in [2.75, 3.05) is 47.3 Å². The van der Waals surface area contributed by atoms with Gasteiger partial charge >= 0.3 is 0 Å². The number of hydrogen-bond donors (Lipinski definition) is 0. The van der Waals surface area contributed by atoms with E-state index in [4.69, 9.17) is 0 Å². The number of carbonyl (C=O) groups is 1. The Labute approximate surface area is 132 Å². The molecule has 0 saturated carbocycles. The summed E-state index contributed by atoms with van der Waals surface area (Å²) in [6.45, 7) is 3.29. The molecule has 0 aromatic heterocycles. The van der Waals surface area contributed by atoms with Crippen LogP contribution in [0.15, 0.2) is 29.2 Å². The van der Waals surface area contributed by atoms with E-state index in [0.29, 0.717) is 6.42 Å². The molecule has 2 rings (SSSR count). The highest BCUT2D eigenvalue weighted by Crippen LogP contribution is 2.15. The SMILES string of the molecule is CN1CCN(C(=O)Cc2ccc(S(=O)(=O)N(C)C)cc2)CC1. The van der Waals surface area contributed by atoms with Crippen LogP contribution in [0.5, 0.6) is 0 Å². The van der Waals surface area contributed by atoms with Gasteiger partial charge in [-0.05, 0) is 24.7 Å². The lowest BCUT2D eigenvalue weighted by atomic mass is 10.1. The summed E-state index contributed by atoms with van der Waals surface area (Å²) >= 11 is 0. The molecule has 0 aliphatic carbocycles. The van der Waals surface area contributed by atoms with Gasteiger partial charge in [0.25, 0.3) is 0 Å². The monoisotopic (exact) mass is 325 g/mol. The van der Waals surface area contributed by atoms with Gasteiger partial charge in [0.05, 0.1) is 11.3 Å². The number of amides is 1. The molecule has 1 heterocycles. The summed E-state index contributed by atoms with van der Waals surface area (Å²) in [6, 6.07) is 6.54. The van der Waals surface area contributed by atoms with Crippen LogP contribution in [0.1, 0.15) is 5.56 Å².